The van der Waals surface area contributed by atoms with Crippen molar-refractivity contribution in [2.45, 2.75) is 20.3 Å². The van der Waals surface area contributed by atoms with Crippen molar-refractivity contribution in [3.8, 4) is 5.75 Å². The smallest absolute Gasteiger partial charge is 0.128 e. The average molecular weight is 206 g/mol. The van der Waals surface area contributed by atoms with E-state index in [9.17, 15) is 0 Å². The van der Waals surface area contributed by atoms with E-state index in [4.69, 9.17) is 4.74 Å². The van der Waals surface area contributed by atoms with Gasteiger partial charge in [0.25, 0.3) is 0 Å². The van der Waals surface area contributed by atoms with Crippen molar-refractivity contribution in [3.05, 3.63) is 23.0 Å². The molecule has 1 aromatic heterocycles. The summed E-state index contributed by atoms with van der Waals surface area (Å²) in [6.45, 7) is 6.38. The van der Waals surface area contributed by atoms with Crippen molar-refractivity contribution < 1.29 is 4.74 Å². The normalized spacial score (nSPS) is 16.2. The number of methoxy groups -OCH3 is 1. The van der Waals surface area contributed by atoms with Crippen LogP contribution in [0, 0.1) is 19.8 Å². The fraction of sp³-hybridized carbons (Fsp3) is 0.583. The summed E-state index contributed by atoms with van der Waals surface area (Å²) in [5.41, 5.74) is 3.50. The minimum Gasteiger partial charge on any atom is -0.496 e. The Morgan fingerprint density at radius 1 is 1.47 bits per heavy atom. The maximum absolute atomic E-state index is 5.39. The van der Waals surface area contributed by atoms with E-state index in [-0.39, 0.29) is 0 Å². The van der Waals surface area contributed by atoms with Gasteiger partial charge in [-0.1, -0.05) is 0 Å². The fourth-order valence-corrected chi connectivity index (χ4v) is 2.04. The molecule has 0 aromatic carbocycles. The topological polar surface area (TPSA) is 34.1 Å². The third-order valence-electron chi connectivity index (χ3n) is 3.10. The van der Waals surface area contributed by atoms with Gasteiger partial charge in [-0.3, -0.25) is 4.98 Å². The number of rotatable bonds is 3. The zero-order valence-corrected chi connectivity index (χ0v) is 9.63. The summed E-state index contributed by atoms with van der Waals surface area (Å²) >= 11 is 0. The van der Waals surface area contributed by atoms with Crippen LogP contribution in [0.4, 0.5) is 0 Å². The van der Waals surface area contributed by atoms with Crippen molar-refractivity contribution in [2.24, 2.45) is 5.92 Å². The Bertz CT molecular complexity index is 359. The molecule has 1 aromatic rings. The summed E-state index contributed by atoms with van der Waals surface area (Å²) in [5.74, 6) is 1.75. The van der Waals surface area contributed by atoms with Crippen LogP contribution in [0.2, 0.25) is 0 Å². The molecule has 1 N–H and O–H groups in total. The number of aryl methyl sites for hydroxylation is 1. The third kappa shape index (κ3) is 1.97. The van der Waals surface area contributed by atoms with E-state index >= 15 is 0 Å². The number of nitrogens with zero attached hydrogens (tertiary/aromatic N) is 1. The summed E-state index contributed by atoms with van der Waals surface area (Å²) in [4.78, 5) is 4.50. The van der Waals surface area contributed by atoms with E-state index in [0.717, 1.165) is 36.7 Å². The van der Waals surface area contributed by atoms with Crippen LogP contribution in [0.5, 0.6) is 5.75 Å². The van der Waals surface area contributed by atoms with Crippen molar-refractivity contribution in [1.82, 2.24) is 10.3 Å². The quantitative estimate of drug-likeness (QED) is 0.813. The molecule has 0 unspecified atom stereocenters. The Balaban J connectivity index is 2.23. The molecule has 82 valence electrons. The Morgan fingerprint density at radius 3 is 2.73 bits per heavy atom. The number of pyridine rings is 1. The molecule has 0 amide bonds. The summed E-state index contributed by atoms with van der Waals surface area (Å²) in [7, 11) is 1.73. The molecule has 1 fully saturated rings. The molecule has 0 spiro atoms. The van der Waals surface area contributed by atoms with Gasteiger partial charge in [0.15, 0.2) is 0 Å². The molecule has 3 nitrogen and oxygen atoms in total. The molecular formula is C12H18N2O. The molecule has 0 atom stereocenters. The minimum absolute atomic E-state index is 0.753. The minimum atomic E-state index is 0.753. The molecule has 1 aliphatic rings. The second-order valence-corrected chi connectivity index (χ2v) is 4.27. The lowest BCUT2D eigenvalue weighted by atomic mass is 9.94. The maximum atomic E-state index is 5.39. The lowest BCUT2D eigenvalue weighted by molar-refractivity contribution is 0.342. The molecule has 15 heavy (non-hydrogen) atoms. The predicted molar refractivity (Wildman–Crippen MR) is 60.3 cm³/mol. The molecule has 3 heteroatoms. The SMILES string of the molecule is COc1c(C)cnc(CC2CNC2)c1C. The summed E-state index contributed by atoms with van der Waals surface area (Å²) in [6.07, 6.45) is 2.97. The van der Waals surface area contributed by atoms with Gasteiger partial charge in [0.1, 0.15) is 5.75 Å². The number of nitrogens with one attached hydrogen (secondary N) is 1. The van der Waals surface area contributed by atoms with E-state index in [1.54, 1.807) is 7.11 Å². The van der Waals surface area contributed by atoms with Crippen LogP contribution in [0.25, 0.3) is 0 Å². The molecule has 0 bridgehead atoms. The molecule has 0 saturated carbocycles. The maximum Gasteiger partial charge on any atom is 0.128 e. The van der Waals surface area contributed by atoms with Crippen LogP contribution in [0.15, 0.2) is 6.20 Å². The first-order valence-electron chi connectivity index (χ1n) is 5.42. The number of hydrogen-bond donors (Lipinski definition) is 1. The lowest BCUT2D eigenvalue weighted by Crippen LogP contribution is -2.43. The van der Waals surface area contributed by atoms with Gasteiger partial charge < -0.3 is 10.1 Å². The van der Waals surface area contributed by atoms with Gasteiger partial charge >= 0.3 is 0 Å². The van der Waals surface area contributed by atoms with E-state index in [2.05, 4.69) is 17.2 Å². The van der Waals surface area contributed by atoms with Gasteiger partial charge in [0.05, 0.1) is 7.11 Å². The van der Waals surface area contributed by atoms with E-state index in [1.165, 1.54) is 11.3 Å². The Labute approximate surface area is 90.9 Å². The van der Waals surface area contributed by atoms with Gasteiger partial charge in [-0.2, -0.15) is 0 Å². The Hall–Kier alpha value is -1.09. The van der Waals surface area contributed by atoms with Crippen LogP contribution < -0.4 is 10.1 Å². The second-order valence-electron chi connectivity index (χ2n) is 4.27. The molecule has 0 aliphatic carbocycles. The standard InChI is InChI=1S/C12H18N2O/c1-8-5-14-11(4-10-6-13-7-10)9(2)12(8)15-3/h5,10,13H,4,6-7H2,1-3H3. The van der Waals surface area contributed by atoms with E-state index in [0.29, 0.717) is 0 Å². The highest BCUT2D eigenvalue weighted by Crippen LogP contribution is 2.25. The third-order valence-corrected chi connectivity index (χ3v) is 3.10. The number of ether oxygens (including phenoxy) is 1. The average Bonchev–Trinajstić information content (AvgIpc) is 2.15. The number of hydrogen-bond acceptors (Lipinski definition) is 3. The van der Waals surface area contributed by atoms with Crippen molar-refractivity contribution in [2.75, 3.05) is 20.2 Å². The second kappa shape index (κ2) is 4.19. The fourth-order valence-electron chi connectivity index (χ4n) is 2.04. The molecule has 0 radical (unpaired) electrons. The van der Waals surface area contributed by atoms with Crippen LogP contribution in [0.3, 0.4) is 0 Å². The van der Waals surface area contributed by atoms with Crippen molar-refractivity contribution in [3.63, 3.8) is 0 Å². The largest absolute Gasteiger partial charge is 0.496 e. The zero-order chi connectivity index (χ0) is 10.8. The van der Waals surface area contributed by atoms with Crippen LogP contribution in [-0.4, -0.2) is 25.2 Å². The molecular weight excluding hydrogens is 188 g/mol. The van der Waals surface area contributed by atoms with Crippen molar-refractivity contribution >= 4 is 0 Å². The lowest BCUT2D eigenvalue weighted by Gasteiger charge is -2.27. The molecule has 1 saturated heterocycles. The molecule has 2 rings (SSSR count). The van der Waals surface area contributed by atoms with E-state index in [1.807, 2.05) is 13.1 Å². The summed E-state index contributed by atoms with van der Waals surface area (Å²) < 4.78 is 5.39. The first-order valence-corrected chi connectivity index (χ1v) is 5.42. The number of aromatic nitrogens is 1. The first-order chi connectivity index (χ1) is 7.22. The zero-order valence-electron chi connectivity index (χ0n) is 9.63. The predicted octanol–water partition coefficient (Wildman–Crippen LogP) is 1.47. The first kappa shape index (κ1) is 10.4. The molecule has 2 heterocycles. The van der Waals surface area contributed by atoms with Crippen LogP contribution in [0.1, 0.15) is 16.8 Å². The van der Waals surface area contributed by atoms with Crippen molar-refractivity contribution in [1.29, 1.82) is 0 Å². The Kier molecular flexibility index (Phi) is 2.91. The van der Waals surface area contributed by atoms with Crippen LogP contribution >= 0.6 is 0 Å². The highest BCUT2D eigenvalue weighted by Gasteiger charge is 2.20. The monoisotopic (exact) mass is 206 g/mol. The molecule has 1 aliphatic heterocycles. The summed E-state index contributed by atoms with van der Waals surface area (Å²) in [5, 5.41) is 3.28. The van der Waals surface area contributed by atoms with E-state index < -0.39 is 0 Å². The van der Waals surface area contributed by atoms with Gasteiger partial charge in [-0.15, -0.1) is 0 Å². The summed E-state index contributed by atoms with van der Waals surface area (Å²) in [6, 6.07) is 0. The highest BCUT2D eigenvalue weighted by molar-refractivity contribution is 5.41. The Morgan fingerprint density at radius 2 is 2.20 bits per heavy atom. The van der Waals surface area contributed by atoms with Crippen LogP contribution in [-0.2, 0) is 6.42 Å². The van der Waals surface area contributed by atoms with Gasteiger partial charge in [0.2, 0.25) is 0 Å². The van der Waals surface area contributed by atoms with Gasteiger partial charge in [-0.05, 0) is 39.3 Å². The highest BCUT2D eigenvalue weighted by atomic mass is 16.5. The van der Waals surface area contributed by atoms with Gasteiger partial charge in [-0.25, -0.2) is 0 Å². The van der Waals surface area contributed by atoms with Gasteiger partial charge in [0, 0.05) is 23.0 Å².